The lowest BCUT2D eigenvalue weighted by molar-refractivity contribution is 0.247. The van der Waals surface area contributed by atoms with Crippen LogP contribution < -0.4 is 10.6 Å². The van der Waals surface area contributed by atoms with Gasteiger partial charge in [0, 0.05) is 16.6 Å². The first-order chi connectivity index (χ1) is 11.6. The highest BCUT2D eigenvalue weighted by atomic mass is 32.2. The van der Waals surface area contributed by atoms with E-state index < -0.39 is 15.1 Å². The van der Waals surface area contributed by atoms with Crippen LogP contribution in [0.5, 0.6) is 0 Å². The highest BCUT2D eigenvalue weighted by Crippen LogP contribution is 2.39. The van der Waals surface area contributed by atoms with Crippen molar-refractivity contribution in [3.8, 4) is 0 Å². The van der Waals surface area contributed by atoms with E-state index in [-0.39, 0.29) is 17.5 Å². The molecule has 2 N–H and O–H groups in total. The summed E-state index contributed by atoms with van der Waals surface area (Å²) in [5.41, 5.74) is 0.653. The van der Waals surface area contributed by atoms with E-state index in [1.54, 1.807) is 24.6 Å². The van der Waals surface area contributed by atoms with Crippen LogP contribution in [0.25, 0.3) is 0 Å². The summed E-state index contributed by atoms with van der Waals surface area (Å²) in [5.74, 6) is 0. The third-order valence-electron chi connectivity index (χ3n) is 4.16. The Balaban J connectivity index is 1.73. The number of nitrogens with zero attached hydrogens (tertiary/aromatic N) is 1. The van der Waals surface area contributed by atoms with Gasteiger partial charge in [0.25, 0.3) is 0 Å². The molecule has 6 nitrogen and oxygen atoms in total. The Bertz CT molecular complexity index is 893. The van der Waals surface area contributed by atoms with Crippen LogP contribution in [-0.4, -0.2) is 24.7 Å². The Morgan fingerprint density at radius 3 is 2.72 bits per heavy atom. The zero-order valence-electron chi connectivity index (χ0n) is 14.5. The number of nitrogens with one attached hydrogen (secondary N) is 2. The van der Waals surface area contributed by atoms with Gasteiger partial charge in [0.1, 0.15) is 4.21 Å². The third-order valence-corrected chi connectivity index (χ3v) is 9.21. The predicted octanol–water partition coefficient (Wildman–Crippen LogP) is 3.93. The van der Waals surface area contributed by atoms with Crippen molar-refractivity contribution in [2.75, 3.05) is 5.32 Å². The minimum Gasteiger partial charge on any atom is -0.331 e. The normalized spacial score (nSPS) is 22.2. The Morgan fingerprint density at radius 2 is 2.08 bits per heavy atom. The van der Waals surface area contributed by atoms with Crippen LogP contribution in [0.4, 0.5) is 9.93 Å². The summed E-state index contributed by atoms with van der Waals surface area (Å²) in [6.07, 6.45) is 2.14. The van der Waals surface area contributed by atoms with Gasteiger partial charge in [-0.2, -0.15) is 0 Å². The molecule has 1 aliphatic heterocycles. The number of fused-ring (bicyclic) bond motifs is 1. The number of aromatic nitrogens is 1. The molecule has 0 spiro atoms. The van der Waals surface area contributed by atoms with E-state index in [1.807, 2.05) is 0 Å². The summed E-state index contributed by atoms with van der Waals surface area (Å²) in [7, 11) is -3.28. The largest absolute Gasteiger partial charge is 0.331 e. The topological polar surface area (TPSA) is 88.2 Å². The van der Waals surface area contributed by atoms with Gasteiger partial charge in [-0.1, -0.05) is 20.8 Å². The van der Waals surface area contributed by atoms with Crippen LogP contribution in [0, 0.1) is 0 Å². The summed E-state index contributed by atoms with van der Waals surface area (Å²) < 4.78 is 25.1. The molecule has 2 aromatic heterocycles. The number of hydrogen-bond acceptors (Lipinski definition) is 6. The molecule has 1 aliphatic rings. The molecule has 2 aromatic rings. The molecule has 0 radical (unpaired) electrons. The van der Waals surface area contributed by atoms with Gasteiger partial charge in [-0.15, -0.1) is 22.7 Å². The van der Waals surface area contributed by atoms with Crippen molar-refractivity contribution >= 4 is 43.7 Å². The fourth-order valence-corrected chi connectivity index (χ4v) is 6.77. The van der Waals surface area contributed by atoms with Crippen molar-refractivity contribution < 1.29 is 13.2 Å². The second-order valence-corrected chi connectivity index (χ2v) is 11.7. The number of anilines is 1. The second-order valence-electron chi connectivity index (χ2n) is 7.19. The van der Waals surface area contributed by atoms with Crippen LogP contribution >= 0.6 is 22.7 Å². The molecule has 0 bridgehead atoms. The Kier molecular flexibility index (Phi) is 4.67. The van der Waals surface area contributed by atoms with Crippen molar-refractivity contribution in [2.24, 2.45) is 0 Å². The predicted molar refractivity (Wildman–Crippen MR) is 101 cm³/mol. The smallest absolute Gasteiger partial charge is 0.321 e. The van der Waals surface area contributed by atoms with E-state index in [0.717, 1.165) is 4.88 Å². The number of amides is 2. The number of thiophene rings is 1. The summed E-state index contributed by atoms with van der Waals surface area (Å²) in [4.78, 5) is 17.7. The minimum atomic E-state index is -3.28. The van der Waals surface area contributed by atoms with E-state index in [4.69, 9.17) is 0 Å². The first-order valence-corrected chi connectivity index (χ1v) is 11.2. The minimum absolute atomic E-state index is 0.0210. The Morgan fingerprint density at radius 1 is 1.36 bits per heavy atom. The van der Waals surface area contributed by atoms with Crippen LogP contribution in [0.1, 0.15) is 50.6 Å². The van der Waals surface area contributed by atoms with E-state index in [1.165, 1.54) is 22.7 Å². The van der Waals surface area contributed by atoms with Crippen molar-refractivity contribution in [1.82, 2.24) is 10.3 Å². The molecule has 2 amide bonds. The maximum Gasteiger partial charge on any atom is 0.321 e. The van der Waals surface area contributed by atoms with Gasteiger partial charge in [0.2, 0.25) is 0 Å². The SMILES string of the molecule is C[C@H]1C[C@H](NC(=O)Nc2ncc(C(C)(C)C)s2)c2ccsc2S1(=O)=O. The van der Waals surface area contributed by atoms with E-state index in [9.17, 15) is 13.2 Å². The third kappa shape index (κ3) is 3.58. The van der Waals surface area contributed by atoms with Crippen molar-refractivity contribution in [3.63, 3.8) is 0 Å². The standard InChI is InChI=1S/C16H21N3O3S3/c1-9-7-11(10-5-6-23-13(10)25(9,21)22)18-14(20)19-15-17-8-12(24-15)16(2,3)4/h5-6,8-9,11H,7H2,1-4H3,(H2,17,18,19,20)/t9-,11-/m0/s1. The molecule has 3 heterocycles. The highest BCUT2D eigenvalue weighted by molar-refractivity contribution is 7.94. The first-order valence-electron chi connectivity index (χ1n) is 7.94. The van der Waals surface area contributed by atoms with Gasteiger partial charge in [0.15, 0.2) is 15.0 Å². The van der Waals surface area contributed by atoms with Gasteiger partial charge in [0.05, 0.1) is 11.3 Å². The zero-order valence-corrected chi connectivity index (χ0v) is 16.9. The molecule has 0 saturated heterocycles. The van der Waals surface area contributed by atoms with Crippen molar-refractivity contribution in [2.45, 2.75) is 55.0 Å². The number of carbonyl (C=O) groups excluding carboxylic acids is 1. The van der Waals surface area contributed by atoms with Gasteiger partial charge < -0.3 is 5.32 Å². The molecular weight excluding hydrogens is 378 g/mol. The van der Waals surface area contributed by atoms with Crippen molar-refractivity contribution in [3.05, 3.63) is 28.1 Å². The summed E-state index contributed by atoms with van der Waals surface area (Å²) in [5, 5.41) is 7.40. The molecule has 25 heavy (non-hydrogen) atoms. The number of hydrogen-bond donors (Lipinski definition) is 2. The molecule has 0 saturated carbocycles. The number of carbonyl (C=O) groups is 1. The number of urea groups is 1. The fourth-order valence-electron chi connectivity index (χ4n) is 2.67. The summed E-state index contributed by atoms with van der Waals surface area (Å²) >= 11 is 2.65. The molecule has 0 aliphatic carbocycles. The van der Waals surface area contributed by atoms with E-state index in [2.05, 4.69) is 36.4 Å². The number of thiazole rings is 1. The lowest BCUT2D eigenvalue weighted by Gasteiger charge is -2.27. The lowest BCUT2D eigenvalue weighted by Crippen LogP contribution is -2.38. The van der Waals surface area contributed by atoms with Crippen LogP contribution in [0.3, 0.4) is 0 Å². The quantitative estimate of drug-likeness (QED) is 0.801. The summed E-state index contributed by atoms with van der Waals surface area (Å²) in [6.45, 7) is 7.95. The molecule has 0 fully saturated rings. The average Bonchev–Trinajstić information content (AvgIpc) is 3.13. The molecule has 0 unspecified atom stereocenters. The molecule has 136 valence electrons. The maximum absolute atomic E-state index is 12.4. The van der Waals surface area contributed by atoms with Gasteiger partial charge in [-0.05, 0) is 30.2 Å². The summed E-state index contributed by atoms with van der Waals surface area (Å²) in [6, 6.07) is 1.08. The highest BCUT2D eigenvalue weighted by Gasteiger charge is 2.38. The molecule has 9 heteroatoms. The molecular formula is C16H21N3O3S3. The fraction of sp³-hybridized carbons (Fsp3) is 0.500. The van der Waals surface area contributed by atoms with E-state index in [0.29, 0.717) is 21.3 Å². The Labute approximate surface area is 155 Å². The van der Waals surface area contributed by atoms with Crippen LogP contribution in [0.2, 0.25) is 0 Å². The van der Waals surface area contributed by atoms with Gasteiger partial charge in [-0.3, -0.25) is 5.32 Å². The molecule has 3 rings (SSSR count). The lowest BCUT2D eigenvalue weighted by atomic mass is 9.96. The van der Waals surface area contributed by atoms with Crippen molar-refractivity contribution in [1.29, 1.82) is 0 Å². The average molecular weight is 400 g/mol. The first kappa shape index (κ1) is 18.3. The molecule has 2 atom stereocenters. The Hall–Kier alpha value is -1.45. The monoisotopic (exact) mass is 399 g/mol. The van der Waals surface area contributed by atoms with E-state index >= 15 is 0 Å². The van der Waals surface area contributed by atoms with Crippen LogP contribution in [-0.2, 0) is 15.3 Å². The molecule has 0 aromatic carbocycles. The number of rotatable bonds is 2. The van der Waals surface area contributed by atoms with Gasteiger partial charge >= 0.3 is 6.03 Å². The number of sulfone groups is 1. The van der Waals surface area contributed by atoms with Crippen LogP contribution in [0.15, 0.2) is 21.9 Å². The second kappa shape index (κ2) is 6.37. The zero-order chi connectivity index (χ0) is 18.4. The van der Waals surface area contributed by atoms with Gasteiger partial charge in [-0.25, -0.2) is 18.2 Å². The maximum atomic E-state index is 12.4.